The molecule has 1 aromatic heterocycles. The van der Waals surface area contributed by atoms with E-state index in [2.05, 4.69) is 101 Å². The fraction of sp³-hybridized carbons (Fsp3) is 0.0526. The summed E-state index contributed by atoms with van der Waals surface area (Å²) in [7, 11) is 2.14. The average molecular weight is 383 g/mol. The number of halogens is 1. The number of para-hydroxylation sites is 1. The lowest BCUT2D eigenvalue weighted by atomic mass is 10.0. The lowest BCUT2D eigenvalue weighted by Gasteiger charge is -2.04. The van der Waals surface area contributed by atoms with E-state index in [1.165, 1.54) is 36.5 Å². The normalized spacial score (nSPS) is 11.3. The Morgan fingerprint density at radius 1 is 0.714 bits per heavy atom. The summed E-state index contributed by atoms with van der Waals surface area (Å²) in [6.45, 7) is 0. The Balaban J connectivity index is 2.02. The van der Waals surface area contributed by atoms with E-state index in [1.54, 1.807) is 0 Å². The largest absolute Gasteiger partial charge is 0.344 e. The maximum absolute atomic E-state index is 2.36. The molecule has 0 unspecified atom stereocenters. The second-order valence-corrected chi connectivity index (χ2v) is 6.56. The molecule has 0 saturated heterocycles. The Kier molecular flexibility index (Phi) is 3.00. The molecule has 0 spiro atoms. The Bertz CT molecular complexity index is 966. The van der Waals surface area contributed by atoms with Crippen molar-refractivity contribution in [2.75, 3.05) is 0 Å². The topological polar surface area (TPSA) is 4.93 Å². The fourth-order valence-corrected chi connectivity index (χ4v) is 3.55. The van der Waals surface area contributed by atoms with E-state index < -0.39 is 0 Å². The van der Waals surface area contributed by atoms with Gasteiger partial charge in [0.15, 0.2) is 0 Å². The van der Waals surface area contributed by atoms with Crippen LogP contribution in [0.3, 0.4) is 0 Å². The van der Waals surface area contributed by atoms with Gasteiger partial charge in [0.25, 0.3) is 0 Å². The number of aryl methyl sites for hydroxylation is 1. The van der Waals surface area contributed by atoms with Gasteiger partial charge >= 0.3 is 0 Å². The third-order valence-corrected chi connectivity index (χ3v) is 4.74. The van der Waals surface area contributed by atoms with Gasteiger partial charge in [-0.1, -0.05) is 42.5 Å². The molecule has 0 N–H and O–H groups in total. The van der Waals surface area contributed by atoms with Crippen LogP contribution < -0.4 is 0 Å². The summed E-state index contributed by atoms with van der Waals surface area (Å²) in [5, 5.41) is 2.65. The summed E-state index contributed by atoms with van der Waals surface area (Å²) < 4.78 is 3.55. The first kappa shape index (κ1) is 12.9. The Morgan fingerprint density at radius 2 is 1.48 bits per heavy atom. The SMILES string of the molecule is Cn1c2ccccc2c2ccc(-c3cccc(I)c3)cc21. The molecule has 0 radical (unpaired) electrons. The molecule has 102 valence electrons. The first-order chi connectivity index (χ1) is 10.2. The van der Waals surface area contributed by atoms with Crippen molar-refractivity contribution in [3.8, 4) is 11.1 Å². The van der Waals surface area contributed by atoms with Crippen LogP contribution in [0, 0.1) is 3.57 Å². The molecule has 0 aliphatic heterocycles. The van der Waals surface area contributed by atoms with E-state index in [0.29, 0.717) is 0 Å². The fourth-order valence-electron chi connectivity index (χ4n) is 3.01. The molecule has 0 saturated carbocycles. The number of nitrogens with zero attached hydrogens (tertiary/aromatic N) is 1. The second-order valence-electron chi connectivity index (χ2n) is 5.32. The maximum Gasteiger partial charge on any atom is 0.0494 e. The van der Waals surface area contributed by atoms with Crippen LogP contribution in [0.1, 0.15) is 0 Å². The number of hydrogen-bond acceptors (Lipinski definition) is 0. The average Bonchev–Trinajstić information content (AvgIpc) is 2.81. The number of hydrogen-bond donors (Lipinski definition) is 0. The van der Waals surface area contributed by atoms with Gasteiger partial charge in [0.05, 0.1) is 0 Å². The van der Waals surface area contributed by atoms with E-state index in [9.17, 15) is 0 Å². The van der Waals surface area contributed by atoms with Crippen LogP contribution in [0.2, 0.25) is 0 Å². The zero-order valence-corrected chi connectivity index (χ0v) is 13.8. The highest BCUT2D eigenvalue weighted by atomic mass is 127. The van der Waals surface area contributed by atoms with Crippen LogP contribution in [0.15, 0.2) is 66.7 Å². The van der Waals surface area contributed by atoms with Crippen molar-refractivity contribution in [3.05, 3.63) is 70.3 Å². The van der Waals surface area contributed by atoms with Crippen molar-refractivity contribution in [2.24, 2.45) is 7.05 Å². The van der Waals surface area contributed by atoms with Crippen LogP contribution in [0.4, 0.5) is 0 Å². The van der Waals surface area contributed by atoms with Crippen LogP contribution >= 0.6 is 22.6 Å². The van der Waals surface area contributed by atoms with Crippen molar-refractivity contribution < 1.29 is 0 Å². The van der Waals surface area contributed by atoms with Crippen LogP contribution in [-0.2, 0) is 7.05 Å². The van der Waals surface area contributed by atoms with Gasteiger partial charge in [-0.3, -0.25) is 0 Å². The van der Waals surface area contributed by atoms with E-state index in [1.807, 2.05) is 0 Å². The number of rotatable bonds is 1. The predicted octanol–water partition coefficient (Wildman–Crippen LogP) is 5.60. The molecule has 0 bridgehead atoms. The summed E-state index contributed by atoms with van der Waals surface area (Å²) in [4.78, 5) is 0. The minimum absolute atomic E-state index is 1.27. The third kappa shape index (κ3) is 2.05. The molecule has 1 nitrogen and oxygen atoms in total. The number of fused-ring (bicyclic) bond motifs is 3. The van der Waals surface area contributed by atoms with Gasteiger partial charge in [0.1, 0.15) is 0 Å². The zero-order valence-electron chi connectivity index (χ0n) is 11.7. The van der Waals surface area contributed by atoms with Gasteiger partial charge in [-0.25, -0.2) is 0 Å². The minimum Gasteiger partial charge on any atom is -0.344 e. The smallest absolute Gasteiger partial charge is 0.0494 e. The van der Waals surface area contributed by atoms with Crippen molar-refractivity contribution >= 4 is 44.4 Å². The quantitative estimate of drug-likeness (QED) is 0.377. The molecule has 3 aromatic carbocycles. The van der Waals surface area contributed by atoms with Gasteiger partial charge in [-0.05, 0) is 58.0 Å². The lowest BCUT2D eigenvalue weighted by molar-refractivity contribution is 1.01. The van der Waals surface area contributed by atoms with Crippen LogP contribution in [0.25, 0.3) is 32.9 Å². The minimum atomic E-state index is 1.27. The van der Waals surface area contributed by atoms with Gasteiger partial charge in [0, 0.05) is 32.4 Å². The highest BCUT2D eigenvalue weighted by Gasteiger charge is 2.08. The standard InChI is InChI=1S/C19H14IN/c1-21-18-8-3-2-7-16(18)17-10-9-14(12-19(17)21)13-5-4-6-15(20)11-13/h2-12H,1H3. The van der Waals surface area contributed by atoms with E-state index in [4.69, 9.17) is 0 Å². The molecule has 4 rings (SSSR count). The van der Waals surface area contributed by atoms with E-state index in [-0.39, 0.29) is 0 Å². The third-order valence-electron chi connectivity index (χ3n) is 4.07. The Morgan fingerprint density at radius 3 is 2.33 bits per heavy atom. The molecule has 0 fully saturated rings. The molecule has 1 heterocycles. The van der Waals surface area contributed by atoms with Crippen LogP contribution in [0.5, 0.6) is 0 Å². The summed E-state index contributed by atoms with van der Waals surface area (Å²) in [5.41, 5.74) is 5.11. The van der Waals surface area contributed by atoms with E-state index in [0.717, 1.165) is 0 Å². The zero-order chi connectivity index (χ0) is 14.4. The summed E-state index contributed by atoms with van der Waals surface area (Å²) in [6, 6.07) is 24.0. The molecule has 4 aromatic rings. The van der Waals surface area contributed by atoms with Crippen molar-refractivity contribution in [3.63, 3.8) is 0 Å². The summed E-state index contributed by atoms with van der Waals surface area (Å²) >= 11 is 2.36. The van der Waals surface area contributed by atoms with E-state index >= 15 is 0 Å². The Labute approximate surface area is 137 Å². The number of aromatic nitrogens is 1. The molecule has 21 heavy (non-hydrogen) atoms. The second kappa shape index (κ2) is 4.88. The highest BCUT2D eigenvalue weighted by Crippen LogP contribution is 2.31. The monoisotopic (exact) mass is 383 g/mol. The van der Waals surface area contributed by atoms with Gasteiger partial charge in [-0.15, -0.1) is 0 Å². The first-order valence-corrected chi connectivity index (χ1v) is 8.05. The first-order valence-electron chi connectivity index (χ1n) is 6.97. The van der Waals surface area contributed by atoms with Crippen molar-refractivity contribution in [2.45, 2.75) is 0 Å². The summed E-state index contributed by atoms with van der Waals surface area (Å²) in [5.74, 6) is 0. The molecule has 0 aliphatic rings. The molecule has 0 atom stereocenters. The van der Waals surface area contributed by atoms with Crippen molar-refractivity contribution in [1.82, 2.24) is 4.57 Å². The van der Waals surface area contributed by atoms with Gasteiger partial charge in [-0.2, -0.15) is 0 Å². The summed E-state index contributed by atoms with van der Waals surface area (Å²) in [6.07, 6.45) is 0. The maximum atomic E-state index is 2.36. The molecule has 0 amide bonds. The molecule has 0 aliphatic carbocycles. The number of benzene rings is 3. The van der Waals surface area contributed by atoms with Gasteiger partial charge < -0.3 is 4.57 Å². The Hall–Kier alpha value is -1.81. The van der Waals surface area contributed by atoms with Crippen LogP contribution in [-0.4, -0.2) is 4.57 Å². The predicted molar refractivity (Wildman–Crippen MR) is 98.6 cm³/mol. The molecule has 2 heteroatoms. The highest BCUT2D eigenvalue weighted by molar-refractivity contribution is 14.1. The lowest BCUT2D eigenvalue weighted by Crippen LogP contribution is -1.87. The molecular formula is C19H14IN. The molecular weight excluding hydrogens is 369 g/mol. The van der Waals surface area contributed by atoms with Crippen molar-refractivity contribution in [1.29, 1.82) is 0 Å². The van der Waals surface area contributed by atoms with Gasteiger partial charge in [0.2, 0.25) is 0 Å².